The number of hydrogen-bond acceptors (Lipinski definition) is 4. The number of rotatable bonds is 9. The van der Waals surface area contributed by atoms with Gasteiger partial charge in [-0.2, -0.15) is 0 Å². The molecule has 150 valence electrons. The van der Waals surface area contributed by atoms with Crippen molar-refractivity contribution in [1.29, 1.82) is 0 Å². The van der Waals surface area contributed by atoms with Crippen molar-refractivity contribution in [2.24, 2.45) is 0 Å². The van der Waals surface area contributed by atoms with Gasteiger partial charge in [0.25, 0.3) is 0 Å². The summed E-state index contributed by atoms with van der Waals surface area (Å²) in [5.74, 6) is 0.000683. The van der Waals surface area contributed by atoms with E-state index in [-0.39, 0.29) is 11.9 Å². The molecule has 1 amide bonds. The third kappa shape index (κ3) is 6.22. The Morgan fingerprint density at radius 1 is 0.862 bits per heavy atom. The molecule has 0 aliphatic rings. The molecular weight excluding hydrogens is 360 g/mol. The highest BCUT2D eigenvalue weighted by molar-refractivity contribution is 5.83. The number of carbonyl (C=O) groups is 1. The number of hydrogen-bond donors (Lipinski definition) is 2. The summed E-state index contributed by atoms with van der Waals surface area (Å²) >= 11 is 0. The zero-order chi connectivity index (χ0) is 20.5. The fourth-order valence-corrected chi connectivity index (χ4v) is 3.39. The molecule has 0 fully saturated rings. The number of nitrogens with one attached hydrogen (secondary N) is 2. The SMILES string of the molecule is Cc1ccc([C@H](NCCc2ccncc2)C(=O)NCCc2ccncc2)c(C)c1. The van der Waals surface area contributed by atoms with Crippen LogP contribution in [0.15, 0.2) is 67.3 Å². The number of aryl methyl sites for hydroxylation is 2. The van der Waals surface area contributed by atoms with Crippen LogP contribution in [0.1, 0.15) is 33.9 Å². The summed E-state index contributed by atoms with van der Waals surface area (Å²) < 4.78 is 0. The number of pyridine rings is 2. The Bertz CT molecular complexity index is 913. The molecule has 29 heavy (non-hydrogen) atoms. The average Bonchev–Trinajstić information content (AvgIpc) is 2.73. The van der Waals surface area contributed by atoms with E-state index in [1.165, 1.54) is 11.1 Å². The van der Waals surface area contributed by atoms with Gasteiger partial charge in [0.05, 0.1) is 0 Å². The van der Waals surface area contributed by atoms with E-state index in [1.807, 2.05) is 24.3 Å². The van der Waals surface area contributed by atoms with Crippen LogP contribution in [0.3, 0.4) is 0 Å². The smallest absolute Gasteiger partial charge is 0.241 e. The van der Waals surface area contributed by atoms with Crippen LogP contribution in [0.5, 0.6) is 0 Å². The molecule has 0 saturated heterocycles. The van der Waals surface area contributed by atoms with Crippen LogP contribution in [-0.2, 0) is 17.6 Å². The van der Waals surface area contributed by atoms with Gasteiger partial charge in [-0.25, -0.2) is 0 Å². The summed E-state index contributed by atoms with van der Waals surface area (Å²) in [6.07, 6.45) is 8.76. The van der Waals surface area contributed by atoms with Gasteiger partial charge in [-0.1, -0.05) is 23.8 Å². The second-order valence-electron chi connectivity index (χ2n) is 7.25. The highest BCUT2D eigenvalue weighted by atomic mass is 16.2. The van der Waals surface area contributed by atoms with E-state index < -0.39 is 0 Å². The van der Waals surface area contributed by atoms with Crippen LogP contribution in [0.4, 0.5) is 0 Å². The molecule has 0 aliphatic carbocycles. The maximum atomic E-state index is 13.0. The van der Waals surface area contributed by atoms with E-state index in [1.54, 1.807) is 24.8 Å². The Labute approximate surface area is 172 Å². The number of aromatic nitrogens is 2. The zero-order valence-electron chi connectivity index (χ0n) is 17.1. The van der Waals surface area contributed by atoms with Gasteiger partial charge in [-0.3, -0.25) is 14.8 Å². The lowest BCUT2D eigenvalue weighted by Crippen LogP contribution is -2.39. The van der Waals surface area contributed by atoms with Gasteiger partial charge in [0, 0.05) is 37.9 Å². The van der Waals surface area contributed by atoms with Crippen molar-refractivity contribution in [3.63, 3.8) is 0 Å². The zero-order valence-corrected chi connectivity index (χ0v) is 17.1. The van der Waals surface area contributed by atoms with E-state index in [9.17, 15) is 4.79 Å². The van der Waals surface area contributed by atoms with Crippen molar-refractivity contribution >= 4 is 5.91 Å². The lowest BCUT2D eigenvalue weighted by molar-refractivity contribution is -0.123. The van der Waals surface area contributed by atoms with Gasteiger partial charge in [0.2, 0.25) is 5.91 Å². The van der Waals surface area contributed by atoms with Gasteiger partial charge >= 0.3 is 0 Å². The van der Waals surface area contributed by atoms with E-state index in [0.29, 0.717) is 13.1 Å². The molecule has 2 N–H and O–H groups in total. The van der Waals surface area contributed by atoms with Gasteiger partial charge < -0.3 is 10.6 Å². The Balaban J connectivity index is 1.65. The lowest BCUT2D eigenvalue weighted by atomic mass is 9.98. The molecule has 2 aromatic heterocycles. The molecule has 5 nitrogen and oxygen atoms in total. The molecular formula is C24H28N4O. The molecule has 0 aliphatic heterocycles. The van der Waals surface area contributed by atoms with Crippen LogP contribution in [0, 0.1) is 13.8 Å². The molecule has 2 heterocycles. The first-order chi connectivity index (χ1) is 14.1. The average molecular weight is 389 g/mol. The van der Waals surface area contributed by atoms with E-state index >= 15 is 0 Å². The summed E-state index contributed by atoms with van der Waals surface area (Å²) in [4.78, 5) is 21.1. The van der Waals surface area contributed by atoms with Crippen molar-refractivity contribution in [3.8, 4) is 0 Å². The Hall–Kier alpha value is -3.05. The first kappa shape index (κ1) is 20.7. The molecule has 0 bridgehead atoms. The molecule has 3 aromatic rings. The Morgan fingerprint density at radius 2 is 1.45 bits per heavy atom. The molecule has 5 heteroatoms. The molecule has 3 rings (SSSR count). The Kier molecular flexibility index (Phi) is 7.47. The number of amides is 1. The summed E-state index contributed by atoms with van der Waals surface area (Å²) in [7, 11) is 0. The highest BCUT2D eigenvalue weighted by Gasteiger charge is 2.21. The predicted molar refractivity (Wildman–Crippen MR) is 116 cm³/mol. The third-order valence-corrected chi connectivity index (χ3v) is 4.97. The van der Waals surface area contributed by atoms with Crippen molar-refractivity contribution in [2.75, 3.05) is 13.1 Å². The minimum absolute atomic E-state index is 0.000683. The van der Waals surface area contributed by atoms with Crippen LogP contribution in [-0.4, -0.2) is 29.0 Å². The third-order valence-electron chi connectivity index (χ3n) is 4.97. The van der Waals surface area contributed by atoms with Crippen LogP contribution >= 0.6 is 0 Å². The topological polar surface area (TPSA) is 66.9 Å². The summed E-state index contributed by atoms with van der Waals surface area (Å²) in [5, 5.41) is 6.54. The summed E-state index contributed by atoms with van der Waals surface area (Å²) in [6.45, 7) is 5.43. The second-order valence-corrected chi connectivity index (χ2v) is 7.25. The molecule has 0 unspecified atom stereocenters. The van der Waals surface area contributed by atoms with Crippen LogP contribution in [0.25, 0.3) is 0 Å². The summed E-state index contributed by atoms with van der Waals surface area (Å²) in [5.41, 5.74) is 5.70. The highest BCUT2D eigenvalue weighted by Crippen LogP contribution is 2.19. The van der Waals surface area contributed by atoms with Crippen molar-refractivity contribution in [1.82, 2.24) is 20.6 Å². The molecule has 1 aromatic carbocycles. The van der Waals surface area contributed by atoms with E-state index in [2.05, 4.69) is 52.6 Å². The van der Waals surface area contributed by atoms with Gasteiger partial charge in [-0.05, 0) is 73.2 Å². The monoisotopic (exact) mass is 388 g/mol. The molecule has 0 radical (unpaired) electrons. The first-order valence-electron chi connectivity index (χ1n) is 9.99. The molecule has 0 saturated carbocycles. The van der Waals surface area contributed by atoms with E-state index in [0.717, 1.165) is 29.5 Å². The minimum atomic E-state index is -0.380. The van der Waals surface area contributed by atoms with Crippen LogP contribution in [0.2, 0.25) is 0 Å². The van der Waals surface area contributed by atoms with E-state index in [4.69, 9.17) is 0 Å². The van der Waals surface area contributed by atoms with Gasteiger partial charge in [0.15, 0.2) is 0 Å². The van der Waals surface area contributed by atoms with Crippen molar-refractivity contribution in [3.05, 3.63) is 95.1 Å². The van der Waals surface area contributed by atoms with Gasteiger partial charge in [-0.15, -0.1) is 0 Å². The maximum Gasteiger partial charge on any atom is 0.241 e. The second kappa shape index (κ2) is 10.5. The number of carbonyl (C=O) groups excluding carboxylic acids is 1. The molecule has 0 spiro atoms. The fourth-order valence-electron chi connectivity index (χ4n) is 3.39. The standard InChI is InChI=1S/C24H28N4O/c1-18-3-4-22(19(2)17-18)23(27-15-9-20-5-11-25-12-6-20)24(29)28-16-10-21-7-13-26-14-8-21/h3-8,11-14,17,23,27H,9-10,15-16H2,1-2H3,(H,28,29)/t23-/m0/s1. The largest absolute Gasteiger partial charge is 0.354 e. The predicted octanol–water partition coefficient (Wildman–Crippen LogP) is 3.33. The number of benzene rings is 1. The van der Waals surface area contributed by atoms with Crippen molar-refractivity contribution in [2.45, 2.75) is 32.7 Å². The Morgan fingerprint density at radius 3 is 2.03 bits per heavy atom. The summed E-state index contributed by atoms with van der Waals surface area (Å²) in [6, 6.07) is 13.8. The lowest BCUT2D eigenvalue weighted by Gasteiger charge is -2.21. The minimum Gasteiger partial charge on any atom is -0.354 e. The molecule has 1 atom stereocenters. The quantitative estimate of drug-likeness (QED) is 0.590. The first-order valence-corrected chi connectivity index (χ1v) is 9.99. The van der Waals surface area contributed by atoms with Crippen LogP contribution < -0.4 is 10.6 Å². The normalized spacial score (nSPS) is 11.8. The van der Waals surface area contributed by atoms with Gasteiger partial charge in [0.1, 0.15) is 6.04 Å². The van der Waals surface area contributed by atoms with Crippen molar-refractivity contribution < 1.29 is 4.79 Å². The number of nitrogens with zero attached hydrogens (tertiary/aromatic N) is 2. The fraction of sp³-hybridized carbons (Fsp3) is 0.292. The maximum absolute atomic E-state index is 13.0.